The Morgan fingerprint density at radius 2 is 1.06 bits per heavy atom. The van der Waals surface area contributed by atoms with Gasteiger partial charge in [0, 0.05) is 43.6 Å². The maximum absolute atomic E-state index is 10.1. The zero-order valence-electron chi connectivity index (χ0n) is 33.3. The predicted octanol–water partition coefficient (Wildman–Crippen LogP) is 9.18. The van der Waals surface area contributed by atoms with Crippen molar-refractivity contribution in [1.82, 2.24) is 0 Å². The van der Waals surface area contributed by atoms with E-state index in [2.05, 4.69) is 145 Å². The first kappa shape index (κ1) is 43.7. The second-order valence-corrected chi connectivity index (χ2v) is 14.5. The van der Waals surface area contributed by atoms with Crippen molar-refractivity contribution < 1.29 is 22.1 Å². The van der Waals surface area contributed by atoms with Gasteiger partial charge in [0.2, 0.25) is 16.1 Å². The van der Waals surface area contributed by atoms with Gasteiger partial charge in [-0.25, -0.2) is 13.4 Å². The fraction of sp³-hybridized carbons (Fsp3) is 0.489. The van der Waals surface area contributed by atoms with E-state index in [4.69, 9.17) is 0 Å². The van der Waals surface area contributed by atoms with E-state index in [1.54, 1.807) is 0 Å². The highest BCUT2D eigenvalue weighted by Gasteiger charge is 2.22. The smallest absolute Gasteiger partial charge is 0.217 e. The Labute approximate surface area is 321 Å². The standard InChI is InChI=1S/C33H39N3.C12H26O4S/c1-6-34-32-24-23-31(29-13-11-12-14-30(29)32)33(25-15-19-27(20-16-25)35(7-2)8-3)26-17-21-28(22-18-26)36(9-4)10-5;1-2-3-4-5-6-7-8-9-10-11-12-16-17(13,14)15/h11-24H,6-10H2,1-5H3;2-12H2,1H3,(H,13,14,15). The van der Waals surface area contributed by atoms with E-state index in [1.807, 2.05) is 0 Å². The number of nitrogens with one attached hydrogen (secondary N) is 1. The van der Waals surface area contributed by atoms with Gasteiger partial charge >= 0.3 is 0 Å². The first-order valence-corrected chi connectivity index (χ1v) is 21.5. The molecule has 290 valence electrons. The van der Waals surface area contributed by atoms with Crippen molar-refractivity contribution in [3.05, 3.63) is 107 Å². The lowest BCUT2D eigenvalue weighted by atomic mass is 9.83. The summed E-state index contributed by atoms with van der Waals surface area (Å²) >= 11 is 0. The molecule has 0 atom stereocenters. The summed E-state index contributed by atoms with van der Waals surface area (Å²) in [6.45, 7) is 18.2. The van der Waals surface area contributed by atoms with Gasteiger partial charge in [-0.1, -0.05) is 107 Å². The molecule has 53 heavy (non-hydrogen) atoms. The van der Waals surface area contributed by atoms with E-state index in [0.29, 0.717) is 6.42 Å². The summed E-state index contributed by atoms with van der Waals surface area (Å²) in [6, 6.07) is 27.0. The second kappa shape index (κ2) is 23.8. The highest BCUT2D eigenvalue weighted by Crippen LogP contribution is 2.37. The molecule has 0 bridgehead atoms. The number of unbranched alkanes of at least 4 members (excludes halogenated alkanes) is 9. The summed E-state index contributed by atoms with van der Waals surface area (Å²) in [6.07, 6.45) is 16.2. The van der Waals surface area contributed by atoms with Crippen LogP contribution in [0.2, 0.25) is 0 Å². The maximum atomic E-state index is 10.1. The van der Waals surface area contributed by atoms with Crippen LogP contribution >= 0.6 is 0 Å². The normalized spacial score (nSPS) is 13.0. The molecule has 4 rings (SSSR count). The van der Waals surface area contributed by atoms with E-state index in [0.717, 1.165) is 45.6 Å². The van der Waals surface area contributed by atoms with Crippen LogP contribution in [-0.2, 0) is 14.6 Å². The van der Waals surface area contributed by atoms with Gasteiger partial charge in [0.05, 0.1) is 12.2 Å². The minimum Gasteiger partial charge on any atom is -0.726 e. The number of hydrogen-bond acceptors (Lipinski definition) is 6. The SMILES string of the molecule is CCCCCCCCCCCCOS(=O)(=O)[O-].CC[NH+]=C1C=CC(=C(c2ccc(N(CC)CC)cc2)c2ccc(N(CC)CC)cc2)c2ccccc21. The van der Waals surface area contributed by atoms with Crippen LogP contribution in [0.25, 0.3) is 11.1 Å². The van der Waals surface area contributed by atoms with Crippen molar-refractivity contribution in [3.8, 4) is 0 Å². The van der Waals surface area contributed by atoms with E-state index in [-0.39, 0.29) is 6.61 Å². The first-order chi connectivity index (χ1) is 25.7. The third-order valence-corrected chi connectivity index (χ3v) is 10.3. The Bertz CT molecular complexity index is 1630. The van der Waals surface area contributed by atoms with E-state index < -0.39 is 10.4 Å². The molecule has 0 unspecified atom stereocenters. The van der Waals surface area contributed by atoms with Gasteiger partial charge in [-0.2, -0.15) is 0 Å². The molecular weight excluding hydrogens is 679 g/mol. The molecule has 1 aliphatic rings. The van der Waals surface area contributed by atoms with Gasteiger partial charge in [-0.3, -0.25) is 4.18 Å². The molecular formula is C45H65N3O4S. The van der Waals surface area contributed by atoms with Crippen LogP contribution in [-0.4, -0.2) is 58.0 Å². The zero-order chi connectivity index (χ0) is 38.5. The predicted molar refractivity (Wildman–Crippen MR) is 225 cm³/mol. The Balaban J connectivity index is 0.000000377. The monoisotopic (exact) mass is 743 g/mol. The fourth-order valence-corrected chi connectivity index (χ4v) is 7.27. The number of benzene rings is 3. The molecule has 0 spiro atoms. The minimum absolute atomic E-state index is 0.0301. The van der Waals surface area contributed by atoms with Gasteiger partial charge in [0.1, 0.15) is 6.54 Å². The van der Waals surface area contributed by atoms with Crippen LogP contribution < -0.4 is 14.8 Å². The van der Waals surface area contributed by atoms with Gasteiger partial charge in [0.25, 0.3) is 0 Å². The average Bonchev–Trinajstić information content (AvgIpc) is 3.17. The molecule has 7 nitrogen and oxygen atoms in total. The number of anilines is 2. The van der Waals surface area contributed by atoms with Crippen molar-refractivity contribution in [3.63, 3.8) is 0 Å². The van der Waals surface area contributed by atoms with Crippen LogP contribution in [0.5, 0.6) is 0 Å². The summed E-state index contributed by atoms with van der Waals surface area (Å²) < 4.78 is 34.5. The molecule has 1 aliphatic carbocycles. The van der Waals surface area contributed by atoms with Crippen LogP contribution in [0, 0.1) is 0 Å². The van der Waals surface area contributed by atoms with Crippen molar-refractivity contribution in [2.24, 2.45) is 0 Å². The minimum atomic E-state index is -4.48. The molecule has 8 heteroatoms. The number of rotatable bonds is 21. The third kappa shape index (κ3) is 14.2. The van der Waals surface area contributed by atoms with Gasteiger partial charge < -0.3 is 14.4 Å². The molecule has 0 fully saturated rings. The largest absolute Gasteiger partial charge is 0.726 e. The molecule has 0 amide bonds. The second-order valence-electron chi connectivity index (χ2n) is 13.5. The summed E-state index contributed by atoms with van der Waals surface area (Å²) in [5.74, 6) is 0. The molecule has 0 heterocycles. The van der Waals surface area contributed by atoms with Crippen molar-refractivity contribution >= 4 is 38.6 Å². The Hall–Kier alpha value is -3.72. The number of hydrogen-bond donors (Lipinski definition) is 1. The van der Waals surface area contributed by atoms with Crippen LogP contribution in [0.3, 0.4) is 0 Å². The van der Waals surface area contributed by atoms with Gasteiger partial charge in [0.15, 0.2) is 0 Å². The highest BCUT2D eigenvalue weighted by molar-refractivity contribution is 7.80. The lowest BCUT2D eigenvalue weighted by Gasteiger charge is -2.24. The molecule has 0 aliphatic heterocycles. The maximum Gasteiger partial charge on any atom is 0.217 e. The molecule has 1 N–H and O–H groups in total. The third-order valence-electron chi connectivity index (χ3n) is 9.86. The molecule has 0 saturated heterocycles. The van der Waals surface area contributed by atoms with E-state index in [1.165, 1.54) is 95.4 Å². The fourth-order valence-electron chi connectivity index (χ4n) is 6.95. The van der Waals surface area contributed by atoms with Crippen LogP contribution in [0.1, 0.15) is 128 Å². The number of nitrogens with zero attached hydrogens (tertiary/aromatic N) is 2. The average molecular weight is 744 g/mol. The van der Waals surface area contributed by atoms with Crippen molar-refractivity contribution in [2.75, 3.05) is 49.1 Å². The molecule has 3 aromatic rings. The summed E-state index contributed by atoms with van der Waals surface area (Å²) in [5, 5.41) is 0. The van der Waals surface area contributed by atoms with Crippen LogP contribution in [0.15, 0.2) is 84.9 Å². The lowest BCUT2D eigenvalue weighted by molar-refractivity contribution is -0.450. The van der Waals surface area contributed by atoms with Gasteiger partial charge in [-0.05, 0) is 105 Å². The summed E-state index contributed by atoms with van der Waals surface area (Å²) in [4.78, 5) is 8.33. The zero-order valence-corrected chi connectivity index (χ0v) is 34.1. The van der Waals surface area contributed by atoms with E-state index in [9.17, 15) is 13.0 Å². The Morgan fingerprint density at radius 3 is 1.49 bits per heavy atom. The first-order valence-electron chi connectivity index (χ1n) is 20.1. The number of allylic oxidation sites excluding steroid dienone is 3. The summed E-state index contributed by atoms with van der Waals surface area (Å²) in [5.41, 5.74) is 11.3. The molecule has 0 aromatic heterocycles. The van der Waals surface area contributed by atoms with E-state index >= 15 is 0 Å². The Kier molecular flexibility index (Phi) is 19.7. The topological polar surface area (TPSA) is 86.9 Å². The Morgan fingerprint density at radius 1 is 0.604 bits per heavy atom. The summed E-state index contributed by atoms with van der Waals surface area (Å²) in [7, 11) is -4.48. The van der Waals surface area contributed by atoms with Gasteiger partial charge in [-0.15, -0.1) is 0 Å². The molecule has 0 saturated carbocycles. The quantitative estimate of drug-likeness (QED) is 0.0666. The van der Waals surface area contributed by atoms with Crippen molar-refractivity contribution in [2.45, 2.75) is 106 Å². The number of fused-ring (bicyclic) bond motifs is 1. The lowest BCUT2D eigenvalue weighted by Crippen LogP contribution is -2.72. The highest BCUT2D eigenvalue weighted by atomic mass is 32.3. The van der Waals surface area contributed by atoms with Crippen LogP contribution in [0.4, 0.5) is 11.4 Å². The molecule has 0 radical (unpaired) electrons. The van der Waals surface area contributed by atoms with Crippen molar-refractivity contribution in [1.29, 1.82) is 0 Å². The molecule has 3 aromatic carbocycles.